The third-order valence-corrected chi connectivity index (χ3v) is 4.02. The summed E-state index contributed by atoms with van der Waals surface area (Å²) in [4.78, 5) is 12.8. The molecule has 1 fully saturated rings. The summed E-state index contributed by atoms with van der Waals surface area (Å²) in [5.74, 6) is -0.304. The predicted molar refractivity (Wildman–Crippen MR) is 78.3 cm³/mol. The highest BCUT2D eigenvalue weighted by Crippen LogP contribution is 2.29. The monoisotopic (exact) mass is 293 g/mol. The van der Waals surface area contributed by atoms with Crippen molar-refractivity contribution in [3.63, 3.8) is 0 Å². The molecule has 0 radical (unpaired) electrons. The second-order valence-corrected chi connectivity index (χ2v) is 5.56. The summed E-state index contributed by atoms with van der Waals surface area (Å²) in [7, 11) is 0. The molecular formula is C16H22FN2O2+. The van der Waals surface area contributed by atoms with E-state index in [0.29, 0.717) is 25.9 Å². The lowest BCUT2D eigenvalue weighted by Crippen LogP contribution is -3.14. The van der Waals surface area contributed by atoms with E-state index in [1.165, 1.54) is 12.1 Å². The molecule has 1 aliphatic heterocycles. The average molecular weight is 293 g/mol. The molecule has 0 aliphatic carbocycles. The zero-order valence-electron chi connectivity index (χ0n) is 12.1. The molecule has 21 heavy (non-hydrogen) atoms. The van der Waals surface area contributed by atoms with Gasteiger partial charge in [0.05, 0.1) is 13.1 Å². The van der Waals surface area contributed by atoms with Crippen molar-refractivity contribution in [3.8, 4) is 0 Å². The minimum Gasteiger partial charge on any atom is -0.385 e. The second-order valence-electron chi connectivity index (χ2n) is 5.56. The molecule has 0 aromatic heterocycles. The summed E-state index contributed by atoms with van der Waals surface area (Å²) in [6.07, 6.45) is 2.79. The fourth-order valence-electron chi connectivity index (χ4n) is 2.72. The molecule has 114 valence electrons. The SMILES string of the molecule is C=CCNC(=O)C[NH+]1CCC(O)(c2ccc(F)cc2)CC1. The summed E-state index contributed by atoms with van der Waals surface area (Å²) < 4.78 is 12.9. The number of rotatable bonds is 5. The van der Waals surface area contributed by atoms with Crippen molar-refractivity contribution in [1.29, 1.82) is 0 Å². The standard InChI is InChI=1S/C16H21FN2O2/c1-2-9-18-15(20)12-19-10-7-16(21,8-11-19)13-3-5-14(17)6-4-13/h2-6,21H,1,7-12H2,(H,18,20)/p+1. The molecule has 0 saturated carbocycles. The smallest absolute Gasteiger partial charge is 0.275 e. The molecule has 0 atom stereocenters. The van der Waals surface area contributed by atoms with Crippen molar-refractivity contribution in [2.75, 3.05) is 26.2 Å². The molecule has 1 aromatic carbocycles. The van der Waals surface area contributed by atoms with E-state index in [4.69, 9.17) is 0 Å². The molecule has 3 N–H and O–H groups in total. The van der Waals surface area contributed by atoms with Crippen molar-refractivity contribution >= 4 is 5.91 Å². The molecule has 4 nitrogen and oxygen atoms in total. The van der Waals surface area contributed by atoms with Gasteiger partial charge in [-0.1, -0.05) is 18.2 Å². The molecule has 1 aliphatic rings. The lowest BCUT2D eigenvalue weighted by Gasteiger charge is -2.36. The number of amides is 1. The van der Waals surface area contributed by atoms with Gasteiger partial charge in [0.1, 0.15) is 11.4 Å². The highest BCUT2D eigenvalue weighted by molar-refractivity contribution is 5.76. The van der Waals surface area contributed by atoms with Crippen molar-refractivity contribution in [3.05, 3.63) is 48.3 Å². The number of quaternary nitrogens is 1. The number of halogens is 1. The highest BCUT2D eigenvalue weighted by atomic mass is 19.1. The summed E-state index contributed by atoms with van der Waals surface area (Å²) in [5, 5.41) is 13.4. The van der Waals surface area contributed by atoms with E-state index in [1.54, 1.807) is 18.2 Å². The van der Waals surface area contributed by atoms with Gasteiger partial charge in [-0.05, 0) is 17.7 Å². The Balaban J connectivity index is 1.88. The lowest BCUT2D eigenvalue weighted by molar-refractivity contribution is -0.900. The van der Waals surface area contributed by atoms with Gasteiger partial charge in [0.25, 0.3) is 5.91 Å². The first-order chi connectivity index (χ1) is 10.0. The maximum Gasteiger partial charge on any atom is 0.275 e. The first-order valence-corrected chi connectivity index (χ1v) is 7.23. The number of piperidine rings is 1. The Kier molecular flexibility index (Phi) is 5.09. The number of nitrogens with one attached hydrogen (secondary N) is 2. The zero-order chi connectivity index (χ0) is 15.3. The topological polar surface area (TPSA) is 53.8 Å². The van der Waals surface area contributed by atoms with E-state index < -0.39 is 5.60 Å². The summed E-state index contributed by atoms with van der Waals surface area (Å²) in [6.45, 7) is 5.88. The number of carbonyl (C=O) groups excluding carboxylic acids is 1. The van der Waals surface area contributed by atoms with Crippen LogP contribution in [-0.2, 0) is 10.4 Å². The summed E-state index contributed by atoms with van der Waals surface area (Å²) in [6, 6.07) is 6.01. The van der Waals surface area contributed by atoms with Crippen molar-refractivity contribution in [1.82, 2.24) is 5.32 Å². The van der Waals surface area contributed by atoms with Crippen LogP contribution in [0.1, 0.15) is 18.4 Å². The van der Waals surface area contributed by atoms with Crippen LogP contribution in [-0.4, -0.2) is 37.2 Å². The van der Waals surface area contributed by atoms with Crippen LogP contribution in [0, 0.1) is 5.82 Å². The largest absolute Gasteiger partial charge is 0.385 e. The Hall–Kier alpha value is -1.72. The molecule has 2 rings (SSSR count). The van der Waals surface area contributed by atoms with Crippen molar-refractivity contribution in [2.24, 2.45) is 0 Å². The van der Waals surface area contributed by atoms with E-state index in [-0.39, 0.29) is 11.7 Å². The van der Waals surface area contributed by atoms with Crippen LogP contribution in [0.2, 0.25) is 0 Å². The van der Waals surface area contributed by atoms with E-state index in [0.717, 1.165) is 23.6 Å². The van der Waals surface area contributed by atoms with Crippen LogP contribution < -0.4 is 10.2 Å². The van der Waals surface area contributed by atoms with Gasteiger partial charge in [-0.2, -0.15) is 0 Å². The number of carbonyl (C=O) groups is 1. The number of benzene rings is 1. The molecule has 1 aromatic rings. The predicted octanol–water partition coefficient (Wildman–Crippen LogP) is -0.00580. The van der Waals surface area contributed by atoms with Crippen LogP contribution >= 0.6 is 0 Å². The third-order valence-electron chi connectivity index (χ3n) is 4.02. The fraction of sp³-hybridized carbons (Fsp3) is 0.438. The van der Waals surface area contributed by atoms with Crippen LogP contribution in [0.15, 0.2) is 36.9 Å². The third kappa shape index (κ3) is 4.12. The van der Waals surface area contributed by atoms with E-state index >= 15 is 0 Å². The maximum absolute atomic E-state index is 12.9. The minimum absolute atomic E-state index is 0.00266. The molecule has 0 bridgehead atoms. The summed E-state index contributed by atoms with van der Waals surface area (Å²) in [5.41, 5.74) is -0.159. The van der Waals surface area contributed by atoms with Gasteiger partial charge in [-0.25, -0.2) is 4.39 Å². The molecule has 1 saturated heterocycles. The molecular weight excluding hydrogens is 271 g/mol. The number of likely N-dealkylation sites (tertiary alicyclic amines) is 1. The van der Waals surface area contributed by atoms with E-state index in [2.05, 4.69) is 11.9 Å². The number of hydrogen-bond donors (Lipinski definition) is 3. The Labute approximate surface area is 124 Å². The van der Waals surface area contributed by atoms with Crippen molar-refractivity contribution < 1.29 is 19.2 Å². The van der Waals surface area contributed by atoms with Gasteiger partial charge in [0.15, 0.2) is 6.54 Å². The zero-order valence-corrected chi connectivity index (χ0v) is 12.1. The second kappa shape index (κ2) is 6.83. The van der Waals surface area contributed by atoms with Crippen LogP contribution in [0.5, 0.6) is 0 Å². The summed E-state index contributed by atoms with van der Waals surface area (Å²) >= 11 is 0. The van der Waals surface area contributed by atoms with Gasteiger partial charge in [0, 0.05) is 19.4 Å². The normalized spacial score (nSPS) is 25.3. The van der Waals surface area contributed by atoms with Gasteiger partial charge < -0.3 is 15.3 Å². The minimum atomic E-state index is -0.908. The first kappa shape index (κ1) is 15.7. The fourth-order valence-corrected chi connectivity index (χ4v) is 2.72. The Morgan fingerprint density at radius 2 is 2.00 bits per heavy atom. The van der Waals surface area contributed by atoms with Crippen LogP contribution in [0.4, 0.5) is 4.39 Å². The lowest BCUT2D eigenvalue weighted by atomic mass is 9.84. The highest BCUT2D eigenvalue weighted by Gasteiger charge is 2.36. The Morgan fingerprint density at radius 1 is 1.38 bits per heavy atom. The molecule has 0 spiro atoms. The first-order valence-electron chi connectivity index (χ1n) is 7.23. The molecule has 0 unspecified atom stereocenters. The number of hydrogen-bond acceptors (Lipinski definition) is 2. The van der Waals surface area contributed by atoms with Crippen molar-refractivity contribution in [2.45, 2.75) is 18.4 Å². The van der Waals surface area contributed by atoms with Gasteiger partial charge in [-0.15, -0.1) is 6.58 Å². The molecule has 1 amide bonds. The Bertz CT molecular complexity index is 494. The molecule has 5 heteroatoms. The van der Waals surface area contributed by atoms with E-state index in [1.807, 2.05) is 0 Å². The average Bonchev–Trinajstić information content (AvgIpc) is 2.48. The quantitative estimate of drug-likeness (QED) is 0.669. The van der Waals surface area contributed by atoms with Gasteiger partial charge in [0.2, 0.25) is 0 Å². The number of aliphatic hydroxyl groups is 1. The van der Waals surface area contributed by atoms with Gasteiger partial charge >= 0.3 is 0 Å². The van der Waals surface area contributed by atoms with Crippen LogP contribution in [0.25, 0.3) is 0 Å². The molecule has 1 heterocycles. The van der Waals surface area contributed by atoms with E-state index in [9.17, 15) is 14.3 Å². The Morgan fingerprint density at radius 3 is 2.57 bits per heavy atom. The van der Waals surface area contributed by atoms with Gasteiger partial charge in [-0.3, -0.25) is 4.79 Å². The maximum atomic E-state index is 12.9. The van der Waals surface area contributed by atoms with Crippen LogP contribution in [0.3, 0.4) is 0 Å².